The summed E-state index contributed by atoms with van der Waals surface area (Å²) in [6, 6.07) is 3.53. The molecular formula is C17H9F10KO5S. The molecule has 0 unspecified atom stereocenters. The fraction of sp³-hybridized carbons (Fsp3) is 0.235. The number of ketones is 1. The molecule has 0 saturated carbocycles. The van der Waals surface area contributed by atoms with Gasteiger partial charge in [0.1, 0.15) is 11.6 Å². The van der Waals surface area contributed by atoms with Crippen LogP contribution < -0.4 is 0 Å². The van der Waals surface area contributed by atoms with E-state index < -0.39 is 62.1 Å². The zero-order valence-electron chi connectivity index (χ0n) is 15.3. The molecule has 0 fully saturated rings. The molecule has 0 aromatic heterocycles. The van der Waals surface area contributed by atoms with Crippen molar-refractivity contribution in [2.24, 2.45) is 0 Å². The van der Waals surface area contributed by atoms with E-state index in [2.05, 4.69) is 4.74 Å². The van der Waals surface area contributed by atoms with Crippen LogP contribution in [0.25, 0.3) is 0 Å². The first-order valence-corrected chi connectivity index (χ1v) is 9.47. The van der Waals surface area contributed by atoms with E-state index in [-0.39, 0.29) is 69.1 Å². The summed E-state index contributed by atoms with van der Waals surface area (Å²) in [7, 11) is -7.13. The molecular weight excluding hydrogens is 545 g/mol. The van der Waals surface area contributed by atoms with Crippen molar-refractivity contribution in [1.29, 1.82) is 0 Å². The van der Waals surface area contributed by atoms with Gasteiger partial charge in [0, 0.05) is 11.1 Å². The van der Waals surface area contributed by atoms with Gasteiger partial charge in [-0.25, -0.2) is 13.5 Å². The van der Waals surface area contributed by atoms with Crippen LogP contribution in [0.3, 0.4) is 0 Å². The van der Waals surface area contributed by atoms with Gasteiger partial charge in [-0.05, 0) is 42.5 Å². The standard InChI is InChI=1S/C17H8F10O5S.K.H/c18-10-4-1-8(2-5-10)13(28)9-3-6-12(19)11(7-9)14(20,21)15(22,23)32-16(24,25)17(26,27)33(29,30)31;;/h1-7H,(H,29,30,31);;. The molecule has 0 heterocycles. The summed E-state index contributed by atoms with van der Waals surface area (Å²) in [6.07, 6.45) is -13.6. The number of ether oxygens (including phenoxy) is 1. The molecule has 0 saturated heterocycles. The van der Waals surface area contributed by atoms with Crippen LogP contribution in [0.4, 0.5) is 43.9 Å². The SMILES string of the molecule is O=C(c1ccc(F)cc1)c1ccc(F)c(C(F)(F)C(F)(F)OC(F)(F)C(F)(F)S(=O)(=O)O)c1.[KH]. The average molecular weight is 554 g/mol. The van der Waals surface area contributed by atoms with Crippen molar-refractivity contribution in [2.75, 3.05) is 0 Å². The minimum absolute atomic E-state index is 0. The Labute approximate surface area is 226 Å². The van der Waals surface area contributed by atoms with E-state index in [0.717, 1.165) is 24.3 Å². The number of alkyl halides is 8. The van der Waals surface area contributed by atoms with E-state index in [4.69, 9.17) is 4.55 Å². The molecule has 0 amide bonds. The summed E-state index contributed by atoms with van der Waals surface area (Å²) < 4.78 is 166. The molecule has 0 spiro atoms. The molecule has 0 atom stereocenters. The monoisotopic (exact) mass is 554 g/mol. The molecule has 1 N–H and O–H groups in total. The van der Waals surface area contributed by atoms with Crippen LogP contribution in [0, 0.1) is 11.6 Å². The second kappa shape index (κ2) is 10.1. The topological polar surface area (TPSA) is 80.7 Å². The fourth-order valence-corrected chi connectivity index (χ4v) is 2.61. The van der Waals surface area contributed by atoms with Gasteiger partial charge in [0.2, 0.25) is 0 Å². The Balaban J connectivity index is 0.00000578. The van der Waals surface area contributed by atoms with E-state index in [1.54, 1.807) is 0 Å². The molecule has 2 rings (SSSR count). The van der Waals surface area contributed by atoms with Gasteiger partial charge in [0.15, 0.2) is 5.78 Å². The minimum atomic E-state index is -7.13. The number of hydrogen-bond acceptors (Lipinski definition) is 4. The Morgan fingerprint density at radius 1 is 0.794 bits per heavy atom. The Hall–Kier alpha value is -1.08. The third-order valence-corrected chi connectivity index (χ3v) is 4.84. The number of rotatable bonds is 8. The normalized spacial score (nSPS) is 13.4. The molecule has 184 valence electrons. The number of carbonyl (C=O) groups is 1. The van der Waals surface area contributed by atoms with E-state index in [0.29, 0.717) is 6.07 Å². The van der Waals surface area contributed by atoms with Gasteiger partial charge in [0.25, 0.3) is 0 Å². The Morgan fingerprint density at radius 2 is 1.26 bits per heavy atom. The van der Waals surface area contributed by atoms with Crippen LogP contribution in [0.1, 0.15) is 21.5 Å². The number of hydrogen-bond donors (Lipinski definition) is 1. The van der Waals surface area contributed by atoms with Gasteiger partial charge in [-0.15, -0.1) is 0 Å². The molecule has 0 bridgehead atoms. The Bertz CT molecular complexity index is 1170. The summed E-state index contributed by atoms with van der Waals surface area (Å²) in [6.45, 7) is 0. The van der Waals surface area contributed by atoms with Gasteiger partial charge in [-0.3, -0.25) is 9.35 Å². The molecule has 0 aliphatic carbocycles. The summed E-state index contributed by atoms with van der Waals surface area (Å²) in [5.41, 5.74) is -3.78. The van der Waals surface area contributed by atoms with Crippen molar-refractivity contribution in [3.8, 4) is 0 Å². The second-order valence-corrected chi connectivity index (χ2v) is 7.70. The van der Waals surface area contributed by atoms with Crippen molar-refractivity contribution < 1.29 is 66.4 Å². The number of benzene rings is 2. The van der Waals surface area contributed by atoms with Crippen LogP contribution in [-0.2, 0) is 20.8 Å². The molecule has 0 aliphatic rings. The third-order valence-electron chi connectivity index (χ3n) is 3.96. The predicted molar refractivity (Wildman–Crippen MR) is 94.8 cm³/mol. The fourth-order valence-electron chi connectivity index (χ4n) is 2.27. The maximum atomic E-state index is 14.2. The molecule has 2 aromatic rings. The third kappa shape index (κ3) is 5.83. The van der Waals surface area contributed by atoms with E-state index in [1.807, 2.05) is 0 Å². The van der Waals surface area contributed by atoms with E-state index in [1.165, 1.54) is 0 Å². The molecule has 34 heavy (non-hydrogen) atoms. The first-order chi connectivity index (χ1) is 14.7. The zero-order chi connectivity index (χ0) is 25.6. The maximum absolute atomic E-state index is 14.2. The van der Waals surface area contributed by atoms with Crippen molar-refractivity contribution in [1.82, 2.24) is 0 Å². The van der Waals surface area contributed by atoms with Crippen molar-refractivity contribution >= 4 is 67.3 Å². The van der Waals surface area contributed by atoms with Crippen molar-refractivity contribution in [3.05, 3.63) is 70.8 Å². The number of halogens is 10. The molecule has 5 nitrogen and oxygen atoms in total. The molecule has 0 aliphatic heterocycles. The summed E-state index contributed by atoms with van der Waals surface area (Å²) in [4.78, 5) is 12.2. The van der Waals surface area contributed by atoms with Gasteiger partial charge >= 0.3 is 84.9 Å². The van der Waals surface area contributed by atoms with Gasteiger partial charge in [-0.1, -0.05) is 0 Å². The Kier molecular flexibility index (Phi) is 9.21. The van der Waals surface area contributed by atoms with Crippen LogP contribution in [-0.4, -0.2) is 87.6 Å². The quantitative estimate of drug-likeness (QED) is 0.228. The van der Waals surface area contributed by atoms with Gasteiger partial charge in [-0.2, -0.15) is 43.5 Å². The molecule has 2 aromatic carbocycles. The summed E-state index contributed by atoms with van der Waals surface area (Å²) in [5, 5.41) is -6.81. The van der Waals surface area contributed by atoms with Crippen LogP contribution >= 0.6 is 0 Å². The summed E-state index contributed by atoms with van der Waals surface area (Å²) >= 11 is 0. The van der Waals surface area contributed by atoms with Crippen LogP contribution in [0.2, 0.25) is 0 Å². The predicted octanol–water partition coefficient (Wildman–Crippen LogP) is 4.32. The zero-order valence-corrected chi connectivity index (χ0v) is 16.1. The van der Waals surface area contributed by atoms with Crippen molar-refractivity contribution in [2.45, 2.75) is 23.4 Å². The molecule has 0 radical (unpaired) electrons. The number of carbonyl (C=O) groups excluding carboxylic acids is 1. The Morgan fingerprint density at radius 3 is 1.74 bits per heavy atom. The second-order valence-electron chi connectivity index (χ2n) is 6.23. The summed E-state index contributed by atoms with van der Waals surface area (Å²) in [5.74, 6) is -10.5. The first kappa shape index (κ1) is 30.9. The van der Waals surface area contributed by atoms with Gasteiger partial charge in [0.05, 0.1) is 5.56 Å². The first-order valence-electron chi connectivity index (χ1n) is 8.03. The van der Waals surface area contributed by atoms with E-state index >= 15 is 0 Å². The van der Waals surface area contributed by atoms with Crippen molar-refractivity contribution in [3.63, 3.8) is 0 Å². The molecule has 17 heteroatoms. The van der Waals surface area contributed by atoms with Gasteiger partial charge < -0.3 is 0 Å². The average Bonchev–Trinajstić information content (AvgIpc) is 2.66. The van der Waals surface area contributed by atoms with Crippen LogP contribution in [0.15, 0.2) is 42.5 Å². The van der Waals surface area contributed by atoms with Crippen LogP contribution in [0.5, 0.6) is 0 Å². The van der Waals surface area contributed by atoms with E-state index in [9.17, 15) is 57.1 Å².